The van der Waals surface area contributed by atoms with E-state index in [0.29, 0.717) is 0 Å². The van der Waals surface area contributed by atoms with Gasteiger partial charge in [0.05, 0.1) is 6.61 Å². The van der Waals surface area contributed by atoms with Crippen molar-refractivity contribution in [3.05, 3.63) is 29.8 Å². The van der Waals surface area contributed by atoms with E-state index < -0.39 is 0 Å². The molecule has 1 aliphatic heterocycles. The second kappa shape index (κ2) is 3.15. The summed E-state index contributed by atoms with van der Waals surface area (Å²) in [5.74, 6) is 0.961. The van der Waals surface area contributed by atoms with Crippen LogP contribution in [0.3, 0.4) is 0 Å². The van der Waals surface area contributed by atoms with E-state index in [2.05, 4.69) is 0 Å². The van der Waals surface area contributed by atoms with E-state index in [0.717, 1.165) is 30.8 Å². The van der Waals surface area contributed by atoms with Crippen LogP contribution in [-0.4, -0.2) is 6.61 Å². The molecule has 2 N–H and O–H groups in total. The van der Waals surface area contributed by atoms with E-state index in [4.69, 9.17) is 10.5 Å². The van der Waals surface area contributed by atoms with Crippen molar-refractivity contribution >= 4 is 0 Å². The van der Waals surface area contributed by atoms with Gasteiger partial charge in [-0.25, -0.2) is 0 Å². The molecule has 0 radical (unpaired) electrons. The highest BCUT2D eigenvalue weighted by atomic mass is 16.5. The second-order valence-electron chi connectivity index (χ2n) is 3.14. The number of ether oxygens (including phenoxy) is 1. The van der Waals surface area contributed by atoms with Crippen LogP contribution in [0.4, 0.5) is 0 Å². The molecule has 0 aromatic heterocycles. The highest BCUT2D eigenvalue weighted by molar-refractivity contribution is 5.36. The fraction of sp³-hybridized carbons (Fsp3) is 0.400. The van der Waals surface area contributed by atoms with E-state index in [9.17, 15) is 0 Å². The molecule has 2 rings (SSSR count). The Balaban J connectivity index is 2.39. The number of benzene rings is 1. The van der Waals surface area contributed by atoms with Gasteiger partial charge in [0.15, 0.2) is 0 Å². The third kappa shape index (κ3) is 1.30. The number of hydrogen-bond acceptors (Lipinski definition) is 2. The van der Waals surface area contributed by atoms with Gasteiger partial charge >= 0.3 is 0 Å². The smallest absolute Gasteiger partial charge is 0.124 e. The summed E-state index contributed by atoms with van der Waals surface area (Å²) in [6.07, 6.45) is 2.08. The van der Waals surface area contributed by atoms with Crippen LogP contribution in [0.2, 0.25) is 0 Å². The van der Waals surface area contributed by atoms with Gasteiger partial charge in [0, 0.05) is 11.6 Å². The quantitative estimate of drug-likeness (QED) is 0.633. The first-order chi connectivity index (χ1) is 5.88. The predicted molar refractivity (Wildman–Crippen MR) is 48.1 cm³/mol. The lowest BCUT2D eigenvalue weighted by atomic mass is 10.0. The molecule has 1 heterocycles. The molecule has 1 aromatic carbocycles. The van der Waals surface area contributed by atoms with Gasteiger partial charge in [-0.05, 0) is 18.9 Å². The van der Waals surface area contributed by atoms with Crippen molar-refractivity contribution in [3.8, 4) is 5.75 Å². The molecule has 1 aliphatic rings. The Labute approximate surface area is 72.3 Å². The molecule has 12 heavy (non-hydrogen) atoms. The molecular formula is C10H13NO. The van der Waals surface area contributed by atoms with E-state index in [1.807, 2.05) is 24.3 Å². The Morgan fingerprint density at radius 3 is 3.08 bits per heavy atom. The molecule has 0 saturated carbocycles. The average Bonchev–Trinajstić information content (AvgIpc) is 2.29. The molecule has 0 fully saturated rings. The van der Waals surface area contributed by atoms with Crippen LogP contribution in [0, 0.1) is 0 Å². The van der Waals surface area contributed by atoms with Crippen LogP contribution >= 0.6 is 0 Å². The first kappa shape index (κ1) is 7.62. The lowest BCUT2D eigenvalue weighted by Gasteiger charge is -2.10. The monoisotopic (exact) mass is 163 g/mol. The maximum Gasteiger partial charge on any atom is 0.124 e. The fourth-order valence-corrected chi connectivity index (χ4v) is 1.56. The minimum atomic E-state index is 0.156. The first-order valence-electron chi connectivity index (χ1n) is 4.35. The summed E-state index contributed by atoms with van der Waals surface area (Å²) in [5.41, 5.74) is 7.11. The lowest BCUT2D eigenvalue weighted by Crippen LogP contribution is -2.08. The molecule has 2 heteroatoms. The summed E-state index contributed by atoms with van der Waals surface area (Å²) < 4.78 is 5.54. The van der Waals surface area contributed by atoms with Crippen molar-refractivity contribution in [1.29, 1.82) is 0 Å². The zero-order valence-corrected chi connectivity index (χ0v) is 6.99. The van der Waals surface area contributed by atoms with E-state index in [1.165, 1.54) is 0 Å². The van der Waals surface area contributed by atoms with Gasteiger partial charge < -0.3 is 10.5 Å². The van der Waals surface area contributed by atoms with Gasteiger partial charge in [0.1, 0.15) is 5.75 Å². The van der Waals surface area contributed by atoms with Crippen molar-refractivity contribution in [1.82, 2.24) is 0 Å². The van der Waals surface area contributed by atoms with Crippen LogP contribution in [0.25, 0.3) is 0 Å². The molecule has 0 bridgehead atoms. The van der Waals surface area contributed by atoms with E-state index in [1.54, 1.807) is 0 Å². The number of hydrogen-bond donors (Lipinski definition) is 1. The summed E-state index contributed by atoms with van der Waals surface area (Å²) in [7, 11) is 0. The summed E-state index contributed by atoms with van der Waals surface area (Å²) in [4.78, 5) is 0. The van der Waals surface area contributed by atoms with Crippen LogP contribution in [-0.2, 0) is 0 Å². The van der Waals surface area contributed by atoms with Crippen LogP contribution < -0.4 is 10.5 Å². The molecule has 0 saturated heterocycles. The SMILES string of the molecule is N[C@@H]1CCCOc2ccccc21. The molecule has 0 unspecified atom stereocenters. The van der Waals surface area contributed by atoms with Crippen molar-refractivity contribution < 1.29 is 4.74 Å². The zero-order chi connectivity index (χ0) is 8.39. The van der Waals surface area contributed by atoms with Crippen molar-refractivity contribution in [2.45, 2.75) is 18.9 Å². The summed E-state index contributed by atoms with van der Waals surface area (Å²) in [6, 6.07) is 8.18. The molecule has 1 atom stereocenters. The maximum absolute atomic E-state index is 5.97. The molecule has 0 amide bonds. The number of rotatable bonds is 0. The Bertz CT molecular complexity index is 272. The van der Waals surface area contributed by atoms with Crippen molar-refractivity contribution in [2.24, 2.45) is 5.73 Å². The van der Waals surface area contributed by atoms with Crippen molar-refractivity contribution in [2.75, 3.05) is 6.61 Å². The van der Waals surface area contributed by atoms with Gasteiger partial charge in [-0.2, -0.15) is 0 Å². The highest BCUT2D eigenvalue weighted by Crippen LogP contribution is 2.28. The Kier molecular flexibility index (Phi) is 2.00. The summed E-state index contributed by atoms with van der Waals surface area (Å²) in [6.45, 7) is 0.796. The molecule has 0 spiro atoms. The Morgan fingerprint density at radius 1 is 1.33 bits per heavy atom. The minimum absolute atomic E-state index is 0.156. The lowest BCUT2D eigenvalue weighted by molar-refractivity contribution is 0.316. The van der Waals surface area contributed by atoms with Gasteiger partial charge in [-0.1, -0.05) is 18.2 Å². The van der Waals surface area contributed by atoms with Crippen LogP contribution in [0.5, 0.6) is 5.75 Å². The van der Waals surface area contributed by atoms with Gasteiger partial charge in [-0.3, -0.25) is 0 Å². The third-order valence-corrected chi connectivity index (χ3v) is 2.24. The van der Waals surface area contributed by atoms with E-state index in [-0.39, 0.29) is 6.04 Å². The molecule has 0 aliphatic carbocycles. The van der Waals surface area contributed by atoms with Crippen molar-refractivity contribution in [3.63, 3.8) is 0 Å². The topological polar surface area (TPSA) is 35.2 Å². The predicted octanol–water partition coefficient (Wildman–Crippen LogP) is 1.86. The normalized spacial score (nSPS) is 22.2. The standard InChI is InChI=1S/C10H13NO/c11-9-5-3-7-12-10-6-2-1-4-8(9)10/h1-2,4,6,9H,3,5,7,11H2/t9-/m1/s1. The number of nitrogens with two attached hydrogens (primary N) is 1. The van der Waals surface area contributed by atoms with Gasteiger partial charge in [0.25, 0.3) is 0 Å². The fourth-order valence-electron chi connectivity index (χ4n) is 1.56. The minimum Gasteiger partial charge on any atom is -0.493 e. The number of para-hydroxylation sites is 1. The second-order valence-corrected chi connectivity index (χ2v) is 3.14. The zero-order valence-electron chi connectivity index (χ0n) is 6.99. The average molecular weight is 163 g/mol. The largest absolute Gasteiger partial charge is 0.493 e. The van der Waals surface area contributed by atoms with Gasteiger partial charge in [-0.15, -0.1) is 0 Å². The molecule has 64 valence electrons. The molecule has 2 nitrogen and oxygen atoms in total. The Hall–Kier alpha value is -1.02. The Morgan fingerprint density at radius 2 is 2.17 bits per heavy atom. The summed E-state index contributed by atoms with van der Waals surface area (Å²) >= 11 is 0. The number of fused-ring (bicyclic) bond motifs is 1. The van der Waals surface area contributed by atoms with E-state index >= 15 is 0 Å². The third-order valence-electron chi connectivity index (χ3n) is 2.24. The van der Waals surface area contributed by atoms with Gasteiger partial charge in [0.2, 0.25) is 0 Å². The van der Waals surface area contributed by atoms with Crippen LogP contribution in [0.1, 0.15) is 24.4 Å². The maximum atomic E-state index is 5.97. The first-order valence-corrected chi connectivity index (χ1v) is 4.35. The molecular weight excluding hydrogens is 150 g/mol. The summed E-state index contributed by atoms with van der Waals surface area (Å²) in [5, 5.41) is 0. The highest BCUT2D eigenvalue weighted by Gasteiger charge is 2.14. The van der Waals surface area contributed by atoms with Crippen LogP contribution in [0.15, 0.2) is 24.3 Å². The molecule has 1 aromatic rings.